The minimum Gasteiger partial charge on any atom is -0.378 e. The van der Waals surface area contributed by atoms with Crippen molar-refractivity contribution in [3.05, 3.63) is 30.4 Å². The average Bonchev–Trinajstić information content (AvgIpc) is 3.43. The maximum absolute atomic E-state index is 12.8. The van der Waals surface area contributed by atoms with Crippen molar-refractivity contribution < 1.29 is 9.53 Å². The number of ether oxygens (including phenoxy) is 1. The summed E-state index contributed by atoms with van der Waals surface area (Å²) in [4.78, 5) is 24.1. The van der Waals surface area contributed by atoms with Gasteiger partial charge in [0, 0.05) is 55.9 Å². The van der Waals surface area contributed by atoms with Gasteiger partial charge in [0.25, 0.3) is 5.91 Å². The number of hydrogen-bond donors (Lipinski definition) is 1. The van der Waals surface area contributed by atoms with Crippen molar-refractivity contribution >= 4 is 11.9 Å². The van der Waals surface area contributed by atoms with Gasteiger partial charge in [-0.05, 0) is 30.2 Å². The Morgan fingerprint density at radius 3 is 2.48 bits per heavy atom. The van der Waals surface area contributed by atoms with Crippen LogP contribution in [0.2, 0.25) is 0 Å². The molecule has 1 N–H and O–H groups in total. The first-order chi connectivity index (χ1) is 13.9. The van der Waals surface area contributed by atoms with Crippen molar-refractivity contribution in [2.45, 2.75) is 40.2 Å². The van der Waals surface area contributed by atoms with E-state index in [2.05, 4.69) is 51.7 Å². The van der Waals surface area contributed by atoms with E-state index in [-0.39, 0.29) is 11.3 Å². The third-order valence-corrected chi connectivity index (χ3v) is 5.33. The third kappa shape index (κ3) is 5.15. The molecule has 2 aliphatic rings. The molecule has 4 rings (SSSR count). The number of nitrogens with zero attached hydrogens (tertiary/aromatic N) is 4. The number of morpholine rings is 1. The number of hydrogen-bond acceptors (Lipinski definition) is 5. The first-order valence-electron chi connectivity index (χ1n) is 10.5. The fraction of sp³-hybridized carbons (Fsp3) is 0.591. The lowest BCUT2D eigenvalue weighted by Gasteiger charge is -2.26. The third-order valence-electron chi connectivity index (χ3n) is 5.33. The lowest BCUT2D eigenvalue weighted by Crippen LogP contribution is -2.37. The lowest BCUT2D eigenvalue weighted by atomic mass is 9.97. The van der Waals surface area contributed by atoms with Crippen molar-refractivity contribution in [3.63, 3.8) is 0 Å². The Labute approximate surface area is 172 Å². The molecule has 0 spiro atoms. The van der Waals surface area contributed by atoms with Crippen LogP contribution in [-0.4, -0.2) is 53.3 Å². The first kappa shape index (κ1) is 19.9. The summed E-state index contributed by atoms with van der Waals surface area (Å²) in [6.07, 6.45) is 8.26. The fourth-order valence-electron chi connectivity index (χ4n) is 3.42. The minimum absolute atomic E-state index is 0.0160. The Morgan fingerprint density at radius 2 is 1.86 bits per heavy atom. The van der Waals surface area contributed by atoms with Gasteiger partial charge in [-0.1, -0.05) is 20.8 Å². The molecule has 0 aromatic carbocycles. The summed E-state index contributed by atoms with van der Waals surface area (Å²) >= 11 is 0. The molecule has 0 unspecified atom stereocenters. The minimum atomic E-state index is -0.0160. The fourth-order valence-corrected chi connectivity index (χ4v) is 3.42. The molecule has 1 aliphatic carbocycles. The van der Waals surface area contributed by atoms with Crippen LogP contribution in [0, 0.1) is 11.3 Å². The SMILES string of the molecule is CC(C)(C)CNC(=O)c1cc(-c2cnc(N3CCOCC3)nc2)cn1CC1CC1. The van der Waals surface area contributed by atoms with Gasteiger partial charge >= 0.3 is 0 Å². The molecule has 0 bridgehead atoms. The Hall–Kier alpha value is -2.41. The highest BCUT2D eigenvalue weighted by molar-refractivity contribution is 5.94. The number of carbonyl (C=O) groups is 1. The highest BCUT2D eigenvalue weighted by atomic mass is 16.5. The molecule has 2 aromatic rings. The Balaban J connectivity index is 1.53. The predicted octanol–water partition coefficient (Wildman–Crippen LogP) is 2.97. The number of carbonyl (C=O) groups excluding carboxylic acids is 1. The second kappa shape index (κ2) is 8.14. The topological polar surface area (TPSA) is 72.3 Å². The van der Waals surface area contributed by atoms with Crippen LogP contribution < -0.4 is 10.2 Å². The summed E-state index contributed by atoms with van der Waals surface area (Å²) < 4.78 is 7.49. The molecular weight excluding hydrogens is 366 g/mol. The van der Waals surface area contributed by atoms with Gasteiger partial charge in [-0.2, -0.15) is 0 Å². The molecule has 1 saturated heterocycles. The number of aromatic nitrogens is 3. The van der Waals surface area contributed by atoms with E-state index in [1.807, 2.05) is 18.5 Å². The molecule has 7 nitrogen and oxygen atoms in total. The van der Waals surface area contributed by atoms with E-state index in [4.69, 9.17) is 4.74 Å². The molecular formula is C22H31N5O2. The number of anilines is 1. The maximum Gasteiger partial charge on any atom is 0.267 e. The highest BCUT2D eigenvalue weighted by Crippen LogP contribution is 2.32. The van der Waals surface area contributed by atoms with Crippen molar-refractivity contribution in [3.8, 4) is 11.1 Å². The van der Waals surface area contributed by atoms with Crippen molar-refractivity contribution in [1.29, 1.82) is 0 Å². The highest BCUT2D eigenvalue weighted by Gasteiger charge is 2.25. The zero-order chi connectivity index (χ0) is 20.4. The van der Waals surface area contributed by atoms with Gasteiger partial charge in [0.05, 0.1) is 13.2 Å². The van der Waals surface area contributed by atoms with Gasteiger partial charge in [0.2, 0.25) is 5.95 Å². The summed E-state index contributed by atoms with van der Waals surface area (Å²) in [7, 11) is 0. The smallest absolute Gasteiger partial charge is 0.267 e. The molecule has 1 amide bonds. The first-order valence-corrected chi connectivity index (χ1v) is 10.5. The summed E-state index contributed by atoms with van der Waals surface area (Å²) in [6.45, 7) is 11.0. The normalized spacial score (nSPS) is 17.4. The van der Waals surface area contributed by atoms with E-state index >= 15 is 0 Å². The van der Waals surface area contributed by atoms with Gasteiger partial charge in [0.15, 0.2) is 0 Å². The maximum atomic E-state index is 12.8. The summed E-state index contributed by atoms with van der Waals surface area (Å²) in [6, 6.07) is 1.97. The summed E-state index contributed by atoms with van der Waals surface area (Å²) in [5, 5.41) is 3.08. The largest absolute Gasteiger partial charge is 0.378 e. The Kier molecular flexibility index (Phi) is 5.58. The van der Waals surface area contributed by atoms with Crippen LogP contribution in [0.4, 0.5) is 5.95 Å². The van der Waals surface area contributed by atoms with Crippen molar-refractivity contribution in [2.75, 3.05) is 37.7 Å². The lowest BCUT2D eigenvalue weighted by molar-refractivity contribution is 0.0929. The van der Waals surface area contributed by atoms with E-state index in [1.54, 1.807) is 0 Å². The van der Waals surface area contributed by atoms with Gasteiger partial charge < -0.3 is 19.5 Å². The summed E-state index contributed by atoms with van der Waals surface area (Å²) in [5.41, 5.74) is 2.69. The molecule has 1 saturated carbocycles. The second-order valence-electron chi connectivity index (χ2n) is 9.32. The van der Waals surface area contributed by atoms with Crippen LogP contribution in [0.1, 0.15) is 44.1 Å². The Morgan fingerprint density at radius 1 is 1.17 bits per heavy atom. The monoisotopic (exact) mass is 397 g/mol. The Bertz CT molecular complexity index is 843. The molecule has 3 heterocycles. The molecule has 1 aliphatic heterocycles. The van der Waals surface area contributed by atoms with Crippen molar-refractivity contribution in [1.82, 2.24) is 19.9 Å². The molecule has 0 atom stereocenters. The van der Waals surface area contributed by atoms with Gasteiger partial charge in [-0.3, -0.25) is 4.79 Å². The number of nitrogens with one attached hydrogen (secondary N) is 1. The van der Waals surface area contributed by atoms with E-state index in [0.717, 1.165) is 36.7 Å². The van der Waals surface area contributed by atoms with Crippen LogP contribution in [0.3, 0.4) is 0 Å². The van der Waals surface area contributed by atoms with Crippen LogP contribution in [0.5, 0.6) is 0 Å². The average molecular weight is 398 g/mol. The predicted molar refractivity (Wildman–Crippen MR) is 113 cm³/mol. The van der Waals surface area contributed by atoms with Gasteiger partial charge in [0.1, 0.15) is 5.69 Å². The quantitative estimate of drug-likeness (QED) is 0.811. The molecule has 2 fully saturated rings. The van der Waals surface area contributed by atoms with Crippen LogP contribution in [0.15, 0.2) is 24.7 Å². The van der Waals surface area contributed by atoms with Gasteiger partial charge in [-0.25, -0.2) is 9.97 Å². The molecule has 156 valence electrons. The van der Waals surface area contributed by atoms with Crippen LogP contribution >= 0.6 is 0 Å². The molecule has 7 heteroatoms. The van der Waals surface area contributed by atoms with Gasteiger partial charge in [-0.15, -0.1) is 0 Å². The van der Waals surface area contributed by atoms with E-state index in [9.17, 15) is 4.79 Å². The summed E-state index contributed by atoms with van der Waals surface area (Å²) in [5.74, 6) is 1.40. The molecule has 29 heavy (non-hydrogen) atoms. The molecule has 2 aromatic heterocycles. The second-order valence-corrected chi connectivity index (χ2v) is 9.32. The number of rotatable bonds is 6. The standard InChI is InChI=1S/C22H31N5O2/c1-22(2,3)15-25-20(28)19-10-17(14-27(19)13-16-4-5-16)18-11-23-21(24-12-18)26-6-8-29-9-7-26/h10-12,14,16H,4-9,13,15H2,1-3H3,(H,25,28). The zero-order valence-electron chi connectivity index (χ0n) is 17.6. The van der Waals surface area contributed by atoms with Crippen molar-refractivity contribution in [2.24, 2.45) is 11.3 Å². The van der Waals surface area contributed by atoms with E-state index in [1.165, 1.54) is 12.8 Å². The van der Waals surface area contributed by atoms with E-state index < -0.39 is 0 Å². The number of amides is 1. The van der Waals surface area contributed by atoms with Crippen LogP contribution in [-0.2, 0) is 11.3 Å². The zero-order valence-corrected chi connectivity index (χ0v) is 17.6. The van der Waals surface area contributed by atoms with E-state index in [0.29, 0.717) is 31.4 Å². The molecule has 0 radical (unpaired) electrons. The van der Waals surface area contributed by atoms with Crippen LogP contribution in [0.25, 0.3) is 11.1 Å².